The minimum Gasteiger partial charge on any atom is -0.303 e. The van der Waals surface area contributed by atoms with E-state index in [-0.39, 0.29) is 11.2 Å². The van der Waals surface area contributed by atoms with Gasteiger partial charge in [-0.1, -0.05) is 39.8 Å². The molecular formula is C12H12BrN3OS. The fraction of sp³-hybridized carbons (Fsp3) is 0.250. The molecule has 0 spiro atoms. The topological polar surface area (TPSA) is 53.8 Å². The lowest BCUT2D eigenvalue weighted by Gasteiger charge is -1.98. The number of nitrogens with one attached hydrogen (secondary N) is 1. The van der Waals surface area contributed by atoms with Crippen molar-refractivity contribution in [1.82, 2.24) is 5.32 Å². The van der Waals surface area contributed by atoms with Crippen molar-refractivity contribution in [2.24, 2.45) is 10.2 Å². The van der Waals surface area contributed by atoms with Gasteiger partial charge in [0.25, 0.3) is 0 Å². The van der Waals surface area contributed by atoms with Gasteiger partial charge in [0, 0.05) is 4.47 Å². The number of amides is 1. The lowest BCUT2D eigenvalue weighted by atomic mass is 10.1. The molecule has 4 nitrogen and oxygen atoms in total. The molecule has 6 heteroatoms. The van der Waals surface area contributed by atoms with Crippen LogP contribution in [-0.2, 0) is 4.79 Å². The van der Waals surface area contributed by atoms with Crippen LogP contribution in [0.3, 0.4) is 0 Å². The minimum atomic E-state index is -0.0908. The fourth-order valence-electron chi connectivity index (χ4n) is 1.38. The third-order valence-electron chi connectivity index (χ3n) is 2.44. The first-order chi connectivity index (χ1) is 8.56. The number of benzene rings is 1. The number of halogens is 1. The van der Waals surface area contributed by atoms with Crippen LogP contribution in [0.4, 0.5) is 0 Å². The van der Waals surface area contributed by atoms with Crippen LogP contribution in [0.15, 0.2) is 38.9 Å². The summed E-state index contributed by atoms with van der Waals surface area (Å²) in [4.78, 5) is 11.3. The third kappa shape index (κ3) is 3.20. The predicted octanol–water partition coefficient (Wildman–Crippen LogP) is 2.78. The summed E-state index contributed by atoms with van der Waals surface area (Å²) in [6.45, 7) is 3.73. The summed E-state index contributed by atoms with van der Waals surface area (Å²) in [7, 11) is 0. The zero-order valence-electron chi connectivity index (χ0n) is 9.98. The summed E-state index contributed by atoms with van der Waals surface area (Å²) in [6, 6.07) is 7.84. The quantitative estimate of drug-likeness (QED) is 0.671. The summed E-state index contributed by atoms with van der Waals surface area (Å²) >= 11 is 4.77. The molecule has 1 amide bonds. The standard InChI is InChI=1S/C12H12BrN3OS/c1-7(9-3-5-10(13)6-4-9)15-16-12-14-11(17)8(2)18-12/h3-6,8H,1-2H3,(H,14,16,17)/b15-7-/t8-/m0/s1. The van der Waals surface area contributed by atoms with E-state index in [1.807, 2.05) is 38.1 Å². The van der Waals surface area contributed by atoms with Gasteiger partial charge in [0.05, 0.1) is 11.0 Å². The van der Waals surface area contributed by atoms with Gasteiger partial charge in [-0.3, -0.25) is 4.79 Å². The number of carbonyl (C=O) groups is 1. The van der Waals surface area contributed by atoms with Crippen molar-refractivity contribution in [3.63, 3.8) is 0 Å². The smallest absolute Gasteiger partial charge is 0.239 e. The number of rotatable bonds is 2. The largest absolute Gasteiger partial charge is 0.303 e. The Morgan fingerprint density at radius 2 is 2.06 bits per heavy atom. The molecule has 0 unspecified atom stereocenters. The molecule has 1 aromatic carbocycles. The van der Waals surface area contributed by atoms with E-state index in [2.05, 4.69) is 31.4 Å². The van der Waals surface area contributed by atoms with Crippen LogP contribution in [0, 0.1) is 0 Å². The van der Waals surface area contributed by atoms with Gasteiger partial charge in [0.15, 0.2) is 5.17 Å². The number of hydrogen-bond acceptors (Lipinski definition) is 4. The molecule has 1 heterocycles. The lowest BCUT2D eigenvalue weighted by Crippen LogP contribution is -2.23. The van der Waals surface area contributed by atoms with E-state index in [1.54, 1.807) is 0 Å². The van der Waals surface area contributed by atoms with Crippen molar-refractivity contribution in [3.8, 4) is 0 Å². The number of carbonyl (C=O) groups excluding carboxylic acids is 1. The first-order valence-corrected chi connectivity index (χ1v) is 7.09. The van der Waals surface area contributed by atoms with Crippen LogP contribution in [0.2, 0.25) is 0 Å². The molecule has 2 rings (SSSR count). The maximum Gasteiger partial charge on any atom is 0.239 e. The molecule has 94 valence electrons. The van der Waals surface area contributed by atoms with Gasteiger partial charge < -0.3 is 5.32 Å². The molecule has 1 aliphatic rings. The molecule has 0 saturated carbocycles. The second kappa shape index (κ2) is 5.67. The molecule has 0 aromatic heterocycles. The summed E-state index contributed by atoms with van der Waals surface area (Å²) in [5.41, 5.74) is 1.81. The van der Waals surface area contributed by atoms with E-state index < -0.39 is 0 Å². The molecule has 1 N–H and O–H groups in total. The molecule has 1 fully saturated rings. The molecule has 1 atom stereocenters. The highest BCUT2D eigenvalue weighted by molar-refractivity contribution is 9.10. The van der Waals surface area contributed by atoms with Gasteiger partial charge in [-0.25, -0.2) is 0 Å². The van der Waals surface area contributed by atoms with E-state index in [4.69, 9.17) is 0 Å². The van der Waals surface area contributed by atoms with Gasteiger partial charge in [-0.15, -0.1) is 5.10 Å². The maximum absolute atomic E-state index is 11.3. The van der Waals surface area contributed by atoms with Crippen molar-refractivity contribution in [1.29, 1.82) is 0 Å². The molecule has 0 radical (unpaired) electrons. The SMILES string of the molecule is C/C(=N/N=C1/NC(=O)[C@H](C)S1)c1ccc(Br)cc1. The number of nitrogens with zero attached hydrogens (tertiary/aromatic N) is 2. The molecule has 1 aliphatic heterocycles. The molecule has 0 bridgehead atoms. The maximum atomic E-state index is 11.3. The van der Waals surface area contributed by atoms with Gasteiger partial charge in [0.2, 0.25) is 5.91 Å². The number of thioether (sulfide) groups is 1. The van der Waals surface area contributed by atoms with E-state index in [0.717, 1.165) is 15.7 Å². The van der Waals surface area contributed by atoms with E-state index in [0.29, 0.717) is 5.17 Å². The van der Waals surface area contributed by atoms with Crippen LogP contribution in [0.25, 0.3) is 0 Å². The van der Waals surface area contributed by atoms with Crippen LogP contribution in [0.1, 0.15) is 19.4 Å². The Balaban J connectivity index is 2.12. The second-order valence-electron chi connectivity index (χ2n) is 3.85. The van der Waals surface area contributed by atoms with Crippen molar-refractivity contribution in [2.45, 2.75) is 19.1 Å². The second-order valence-corrected chi connectivity index (χ2v) is 6.09. The molecule has 1 saturated heterocycles. The molecule has 1 aromatic rings. The average molecular weight is 326 g/mol. The summed E-state index contributed by atoms with van der Waals surface area (Å²) < 4.78 is 1.03. The zero-order valence-corrected chi connectivity index (χ0v) is 12.4. The van der Waals surface area contributed by atoms with Gasteiger partial charge >= 0.3 is 0 Å². The number of hydrogen-bond donors (Lipinski definition) is 1. The summed E-state index contributed by atoms with van der Waals surface area (Å²) in [5.74, 6) is -0.0183. The Hall–Kier alpha value is -1.14. The Kier molecular flexibility index (Phi) is 4.19. The van der Waals surface area contributed by atoms with Crippen LogP contribution in [-0.4, -0.2) is 22.0 Å². The Labute approximate surface area is 118 Å². The highest BCUT2D eigenvalue weighted by Crippen LogP contribution is 2.18. The zero-order chi connectivity index (χ0) is 13.1. The van der Waals surface area contributed by atoms with Crippen molar-refractivity contribution in [3.05, 3.63) is 34.3 Å². The lowest BCUT2D eigenvalue weighted by molar-refractivity contribution is -0.118. The Morgan fingerprint density at radius 1 is 1.39 bits per heavy atom. The van der Waals surface area contributed by atoms with Crippen LogP contribution in [0.5, 0.6) is 0 Å². The van der Waals surface area contributed by atoms with E-state index >= 15 is 0 Å². The normalized spacial score (nSPS) is 22.4. The highest BCUT2D eigenvalue weighted by atomic mass is 79.9. The first-order valence-electron chi connectivity index (χ1n) is 5.42. The van der Waals surface area contributed by atoms with Gasteiger partial charge in [-0.2, -0.15) is 5.10 Å². The molecular weight excluding hydrogens is 314 g/mol. The Morgan fingerprint density at radius 3 is 2.61 bits per heavy atom. The first kappa shape index (κ1) is 13.3. The highest BCUT2D eigenvalue weighted by Gasteiger charge is 2.25. The van der Waals surface area contributed by atoms with Crippen LogP contribution >= 0.6 is 27.7 Å². The summed E-state index contributed by atoms with van der Waals surface area (Å²) in [5, 5.41) is 11.3. The average Bonchev–Trinajstić information content (AvgIpc) is 2.67. The van der Waals surface area contributed by atoms with E-state index in [9.17, 15) is 4.79 Å². The summed E-state index contributed by atoms with van der Waals surface area (Å²) in [6.07, 6.45) is 0. The molecule has 0 aliphatic carbocycles. The van der Waals surface area contributed by atoms with Crippen LogP contribution < -0.4 is 5.32 Å². The fourth-order valence-corrected chi connectivity index (χ4v) is 2.39. The third-order valence-corrected chi connectivity index (χ3v) is 3.94. The minimum absolute atomic E-state index is 0.0183. The van der Waals surface area contributed by atoms with Gasteiger partial charge in [0.1, 0.15) is 0 Å². The van der Waals surface area contributed by atoms with Crippen molar-refractivity contribution < 1.29 is 4.79 Å². The van der Waals surface area contributed by atoms with Crippen molar-refractivity contribution in [2.75, 3.05) is 0 Å². The molecule has 18 heavy (non-hydrogen) atoms. The Bertz CT molecular complexity index is 525. The van der Waals surface area contributed by atoms with E-state index in [1.165, 1.54) is 11.8 Å². The van der Waals surface area contributed by atoms with Gasteiger partial charge in [-0.05, 0) is 31.5 Å². The monoisotopic (exact) mass is 325 g/mol. The van der Waals surface area contributed by atoms with Crippen molar-refractivity contribution >= 4 is 44.5 Å². The number of amidine groups is 1. The predicted molar refractivity (Wildman–Crippen MR) is 79.0 cm³/mol.